The molecule has 0 saturated heterocycles. The highest BCUT2D eigenvalue weighted by Gasteiger charge is 1.90. The van der Waals surface area contributed by atoms with Crippen LogP contribution < -0.4 is 0 Å². The quantitative estimate of drug-likeness (QED) is 0.513. The molecule has 0 bridgehead atoms. The van der Waals surface area contributed by atoms with Crippen molar-refractivity contribution in [2.75, 3.05) is 0 Å². The minimum atomic E-state index is 0.744. The van der Waals surface area contributed by atoms with Crippen LogP contribution in [0, 0.1) is 6.20 Å². The van der Waals surface area contributed by atoms with Gasteiger partial charge in [0.15, 0.2) is 0 Å². The molecule has 0 spiro atoms. The maximum atomic E-state index is 3.77. The fourth-order valence-electron chi connectivity index (χ4n) is 0.700. The minimum Gasteiger partial charge on any atom is -0.158 e. The molecule has 0 amide bonds. The molecule has 4 nitrogen and oxygen atoms in total. The Hall–Kier alpha value is -1.58. The Morgan fingerprint density at radius 2 is 2.10 bits per heavy atom. The van der Waals surface area contributed by atoms with Gasteiger partial charge >= 0.3 is 0 Å². The first kappa shape index (κ1) is 5.22. The van der Waals surface area contributed by atoms with Crippen LogP contribution in [0.15, 0.2) is 18.5 Å². The molecule has 0 saturated carbocycles. The van der Waals surface area contributed by atoms with E-state index in [-0.39, 0.29) is 0 Å². The summed E-state index contributed by atoms with van der Waals surface area (Å²) in [5, 5.41) is 15.6. The molecule has 0 fully saturated rings. The van der Waals surface area contributed by atoms with Gasteiger partial charge in [-0.2, -0.15) is 10.2 Å². The molecule has 1 radical (unpaired) electrons. The molecule has 47 valence electrons. The summed E-state index contributed by atoms with van der Waals surface area (Å²) >= 11 is 0. The molecule has 2 aromatic heterocycles. The summed E-state index contributed by atoms with van der Waals surface area (Å²) in [6, 6.07) is 1.72. The lowest BCUT2D eigenvalue weighted by atomic mass is 10.3. The molecule has 0 aliphatic carbocycles. The molecule has 2 heterocycles. The van der Waals surface area contributed by atoms with E-state index in [1.807, 2.05) is 0 Å². The molecule has 4 heteroatoms. The van der Waals surface area contributed by atoms with Crippen molar-refractivity contribution in [2.45, 2.75) is 0 Å². The van der Waals surface area contributed by atoms with Gasteiger partial charge in [-0.25, -0.2) is 0 Å². The number of aromatic nitrogens is 4. The van der Waals surface area contributed by atoms with Gasteiger partial charge in [0.2, 0.25) is 0 Å². The third-order valence-corrected chi connectivity index (χ3v) is 1.17. The Balaban J connectivity index is 2.89. The Bertz CT molecular complexity index is 281. The summed E-state index contributed by atoms with van der Waals surface area (Å²) in [6.45, 7) is 0. The van der Waals surface area contributed by atoms with E-state index in [1.54, 1.807) is 18.5 Å². The van der Waals surface area contributed by atoms with Crippen LogP contribution >= 0.6 is 0 Å². The van der Waals surface area contributed by atoms with Gasteiger partial charge in [-0.1, -0.05) is 0 Å². The second kappa shape index (κ2) is 1.98. The van der Waals surface area contributed by atoms with E-state index in [1.165, 1.54) is 0 Å². The highest BCUT2D eigenvalue weighted by Crippen LogP contribution is 2.02. The van der Waals surface area contributed by atoms with Crippen molar-refractivity contribution in [2.24, 2.45) is 0 Å². The first-order valence-corrected chi connectivity index (χ1v) is 2.77. The maximum absolute atomic E-state index is 3.77. The fraction of sp³-hybridized carbons (Fsp3) is 0. The van der Waals surface area contributed by atoms with Crippen LogP contribution in [0.25, 0.3) is 10.9 Å². The zero-order valence-corrected chi connectivity index (χ0v) is 5.02. The Kier molecular flexibility index (Phi) is 1.04. The molecular weight excluding hydrogens is 128 g/mol. The lowest BCUT2D eigenvalue weighted by molar-refractivity contribution is 1.01. The van der Waals surface area contributed by atoms with Gasteiger partial charge in [0, 0.05) is 5.39 Å². The van der Waals surface area contributed by atoms with E-state index in [0.29, 0.717) is 0 Å². The Labute approximate surface area is 56.9 Å². The first-order chi connectivity index (χ1) is 4.97. The molecule has 10 heavy (non-hydrogen) atoms. The van der Waals surface area contributed by atoms with Gasteiger partial charge in [0.05, 0.1) is 12.4 Å². The molecule has 0 aromatic carbocycles. The lowest BCUT2D eigenvalue weighted by Crippen LogP contribution is -1.85. The van der Waals surface area contributed by atoms with E-state index in [9.17, 15) is 0 Å². The summed E-state index contributed by atoms with van der Waals surface area (Å²) in [5.41, 5.74) is 0.744. The lowest BCUT2D eigenvalue weighted by Gasteiger charge is -1.88. The van der Waals surface area contributed by atoms with E-state index < -0.39 is 0 Å². The molecule has 0 aliphatic heterocycles. The van der Waals surface area contributed by atoms with Crippen molar-refractivity contribution in [3.8, 4) is 0 Å². The maximum Gasteiger partial charge on any atom is 0.115 e. The van der Waals surface area contributed by atoms with Gasteiger partial charge in [0.1, 0.15) is 11.7 Å². The first-order valence-electron chi connectivity index (χ1n) is 2.77. The second-order valence-electron chi connectivity index (χ2n) is 1.80. The predicted molar refractivity (Wildman–Crippen MR) is 34.0 cm³/mol. The SMILES string of the molecule is [c]1cc2cnncc2nn1. The summed E-state index contributed by atoms with van der Waals surface area (Å²) in [6.07, 6.45) is 5.80. The van der Waals surface area contributed by atoms with Gasteiger partial charge in [0.25, 0.3) is 0 Å². The Morgan fingerprint density at radius 1 is 1.20 bits per heavy atom. The Morgan fingerprint density at radius 3 is 3.00 bits per heavy atom. The average Bonchev–Trinajstić information content (AvgIpc) is 2.05. The van der Waals surface area contributed by atoms with Crippen LogP contribution in [0.2, 0.25) is 0 Å². The highest BCUT2D eigenvalue weighted by atomic mass is 15.1. The molecular formula is C6H3N4. The van der Waals surface area contributed by atoms with Crippen LogP contribution in [-0.4, -0.2) is 20.4 Å². The largest absolute Gasteiger partial charge is 0.158 e. The van der Waals surface area contributed by atoms with Crippen molar-refractivity contribution < 1.29 is 0 Å². The molecule has 0 aliphatic rings. The number of rotatable bonds is 0. The monoisotopic (exact) mass is 131 g/mol. The molecule has 2 aromatic rings. The average molecular weight is 131 g/mol. The van der Waals surface area contributed by atoms with Crippen LogP contribution in [-0.2, 0) is 0 Å². The van der Waals surface area contributed by atoms with E-state index in [4.69, 9.17) is 0 Å². The molecule has 0 atom stereocenters. The smallest absolute Gasteiger partial charge is 0.115 e. The van der Waals surface area contributed by atoms with Gasteiger partial charge in [-0.15, -0.1) is 10.2 Å². The normalized spacial score (nSPS) is 10.0. The number of fused-ring (bicyclic) bond motifs is 1. The van der Waals surface area contributed by atoms with Crippen molar-refractivity contribution in [3.05, 3.63) is 24.7 Å². The van der Waals surface area contributed by atoms with E-state index in [0.717, 1.165) is 10.9 Å². The number of hydrogen-bond acceptors (Lipinski definition) is 4. The fourth-order valence-corrected chi connectivity index (χ4v) is 0.700. The molecule has 0 N–H and O–H groups in total. The predicted octanol–water partition coefficient (Wildman–Crippen LogP) is 0.220. The number of nitrogens with zero attached hydrogens (tertiary/aromatic N) is 4. The van der Waals surface area contributed by atoms with Crippen LogP contribution in [0.5, 0.6) is 0 Å². The topological polar surface area (TPSA) is 51.6 Å². The van der Waals surface area contributed by atoms with Gasteiger partial charge in [-0.05, 0) is 6.07 Å². The van der Waals surface area contributed by atoms with Gasteiger partial charge < -0.3 is 0 Å². The van der Waals surface area contributed by atoms with Gasteiger partial charge in [-0.3, -0.25) is 0 Å². The zero-order valence-electron chi connectivity index (χ0n) is 5.02. The summed E-state index contributed by atoms with van der Waals surface area (Å²) in [7, 11) is 0. The van der Waals surface area contributed by atoms with Crippen molar-refractivity contribution >= 4 is 10.9 Å². The van der Waals surface area contributed by atoms with Crippen molar-refractivity contribution in [3.63, 3.8) is 0 Å². The van der Waals surface area contributed by atoms with E-state index in [2.05, 4.69) is 26.6 Å². The van der Waals surface area contributed by atoms with Crippen molar-refractivity contribution in [1.29, 1.82) is 0 Å². The van der Waals surface area contributed by atoms with Crippen LogP contribution in [0.1, 0.15) is 0 Å². The zero-order chi connectivity index (χ0) is 6.81. The molecule has 2 rings (SSSR count). The summed E-state index contributed by atoms with van der Waals surface area (Å²) in [4.78, 5) is 0. The minimum absolute atomic E-state index is 0.744. The number of hydrogen-bond donors (Lipinski definition) is 0. The highest BCUT2D eigenvalue weighted by molar-refractivity contribution is 5.74. The summed E-state index contributed by atoms with van der Waals surface area (Å²) in [5.74, 6) is 0. The second-order valence-corrected chi connectivity index (χ2v) is 1.80. The van der Waals surface area contributed by atoms with E-state index >= 15 is 0 Å². The standard InChI is InChI=1S/C6H3N4/c1-2-7-10-6-4-9-8-3-5(1)6/h1,3-4H. The molecule has 0 unspecified atom stereocenters. The van der Waals surface area contributed by atoms with Crippen LogP contribution in [0.3, 0.4) is 0 Å². The van der Waals surface area contributed by atoms with Crippen molar-refractivity contribution in [1.82, 2.24) is 20.4 Å². The summed E-state index contributed by atoms with van der Waals surface area (Å²) < 4.78 is 0. The third kappa shape index (κ3) is 0.699. The third-order valence-electron chi connectivity index (χ3n) is 1.17. The van der Waals surface area contributed by atoms with Crippen LogP contribution in [0.4, 0.5) is 0 Å².